The zero-order chi connectivity index (χ0) is 14.8. The number of carbonyl (C=O) groups excluding carboxylic acids is 1. The lowest BCUT2D eigenvalue weighted by Crippen LogP contribution is -2.39. The predicted octanol–water partition coefficient (Wildman–Crippen LogP) is 3.44. The van der Waals surface area contributed by atoms with Gasteiger partial charge in [0.1, 0.15) is 5.75 Å². The number of anilines is 1. The summed E-state index contributed by atoms with van der Waals surface area (Å²) in [6.07, 6.45) is -0.426. The van der Waals surface area contributed by atoms with Crippen LogP contribution in [-0.2, 0) is 0 Å². The molecule has 1 atom stereocenters. The molecule has 4 heteroatoms. The molecule has 4 nitrogen and oxygen atoms in total. The second-order valence-electron chi connectivity index (χ2n) is 5.15. The van der Waals surface area contributed by atoms with E-state index in [1.54, 1.807) is 17.0 Å². The van der Waals surface area contributed by atoms with Crippen molar-refractivity contribution in [3.05, 3.63) is 59.7 Å². The molecule has 21 heavy (non-hydrogen) atoms. The molecule has 0 saturated carbocycles. The first-order valence-electron chi connectivity index (χ1n) is 6.99. The number of para-hydroxylation sites is 2. The van der Waals surface area contributed by atoms with E-state index in [-0.39, 0.29) is 0 Å². The fraction of sp³-hybridized carbons (Fsp3) is 0.235. The van der Waals surface area contributed by atoms with E-state index in [4.69, 9.17) is 4.74 Å². The summed E-state index contributed by atoms with van der Waals surface area (Å²) in [4.78, 5) is 14.0. The van der Waals surface area contributed by atoms with Gasteiger partial charge in [-0.1, -0.05) is 36.4 Å². The Hall–Kier alpha value is -2.33. The lowest BCUT2D eigenvalue weighted by atomic mass is 9.96. The third-order valence-corrected chi connectivity index (χ3v) is 3.69. The van der Waals surface area contributed by atoms with Crippen molar-refractivity contribution in [2.24, 2.45) is 0 Å². The average molecular weight is 283 g/mol. The lowest BCUT2D eigenvalue weighted by molar-refractivity contribution is 0.161. The molecule has 1 aliphatic rings. The average Bonchev–Trinajstić information content (AvgIpc) is 2.49. The number of hydrogen-bond acceptors (Lipinski definition) is 3. The minimum Gasteiger partial charge on any atom is -0.410 e. The van der Waals surface area contributed by atoms with Crippen LogP contribution in [0.1, 0.15) is 23.7 Å². The van der Waals surface area contributed by atoms with Crippen molar-refractivity contribution in [3.63, 3.8) is 0 Å². The highest BCUT2D eigenvalue weighted by atomic mass is 16.6. The third kappa shape index (κ3) is 2.62. The molecule has 1 heterocycles. The highest BCUT2D eigenvalue weighted by molar-refractivity contribution is 5.91. The second-order valence-corrected chi connectivity index (χ2v) is 5.15. The summed E-state index contributed by atoms with van der Waals surface area (Å²) < 4.78 is 5.41. The van der Waals surface area contributed by atoms with Gasteiger partial charge in [0, 0.05) is 12.1 Å². The number of nitrogens with zero attached hydrogens (tertiary/aromatic N) is 1. The van der Waals surface area contributed by atoms with Gasteiger partial charge >= 0.3 is 6.09 Å². The van der Waals surface area contributed by atoms with E-state index in [2.05, 4.69) is 0 Å². The predicted molar refractivity (Wildman–Crippen MR) is 80.6 cm³/mol. The standard InChI is InChI=1S/C17H17NO3/c1-12-6-5-9-14-15(19)10-11-18(16(12)14)17(20)21-13-7-3-2-4-8-13/h2-9,15,19H,10-11H2,1H3. The highest BCUT2D eigenvalue weighted by Gasteiger charge is 2.29. The molecule has 1 amide bonds. The van der Waals surface area contributed by atoms with Gasteiger partial charge in [-0.05, 0) is 31.0 Å². The third-order valence-electron chi connectivity index (χ3n) is 3.69. The topological polar surface area (TPSA) is 49.8 Å². The number of carbonyl (C=O) groups is 1. The number of hydrogen-bond donors (Lipinski definition) is 1. The Labute approximate surface area is 123 Å². The van der Waals surface area contributed by atoms with Gasteiger partial charge in [-0.25, -0.2) is 4.79 Å². The van der Waals surface area contributed by atoms with Gasteiger partial charge in [-0.15, -0.1) is 0 Å². The lowest BCUT2D eigenvalue weighted by Gasteiger charge is -2.32. The largest absolute Gasteiger partial charge is 0.419 e. The molecule has 0 aliphatic carbocycles. The zero-order valence-corrected chi connectivity index (χ0v) is 11.8. The van der Waals surface area contributed by atoms with Crippen LogP contribution in [0.2, 0.25) is 0 Å². The number of ether oxygens (including phenoxy) is 1. The molecule has 0 bridgehead atoms. The van der Waals surface area contributed by atoms with E-state index >= 15 is 0 Å². The number of fused-ring (bicyclic) bond motifs is 1. The molecule has 1 N–H and O–H groups in total. The van der Waals surface area contributed by atoms with Crippen molar-refractivity contribution in [3.8, 4) is 5.75 Å². The smallest absolute Gasteiger partial charge is 0.410 e. The quantitative estimate of drug-likeness (QED) is 0.872. The molecular formula is C17H17NO3. The normalized spacial score (nSPS) is 17.2. The molecular weight excluding hydrogens is 266 g/mol. The van der Waals surface area contributed by atoms with Gasteiger partial charge in [0.2, 0.25) is 0 Å². The maximum Gasteiger partial charge on any atom is 0.419 e. The van der Waals surface area contributed by atoms with Crippen LogP contribution in [0.15, 0.2) is 48.5 Å². The Bertz CT molecular complexity index is 654. The summed E-state index contributed by atoms with van der Waals surface area (Å²) in [5, 5.41) is 10.1. The summed E-state index contributed by atoms with van der Waals surface area (Å²) in [5.74, 6) is 0.517. The molecule has 2 aromatic rings. The minimum atomic E-state index is -0.527. The molecule has 108 valence electrons. The minimum absolute atomic E-state index is 0.413. The van der Waals surface area contributed by atoms with Gasteiger partial charge in [-0.2, -0.15) is 0 Å². The van der Waals surface area contributed by atoms with Crippen LogP contribution in [0.5, 0.6) is 5.75 Å². The van der Waals surface area contributed by atoms with Crippen molar-refractivity contribution in [1.29, 1.82) is 0 Å². The highest BCUT2D eigenvalue weighted by Crippen LogP contribution is 2.36. The van der Waals surface area contributed by atoms with E-state index in [1.807, 2.05) is 43.3 Å². The van der Waals surface area contributed by atoms with Crippen LogP contribution in [-0.4, -0.2) is 17.7 Å². The summed E-state index contributed by atoms with van der Waals surface area (Å²) in [5.41, 5.74) is 2.50. The first kappa shape index (κ1) is 13.6. The molecule has 0 radical (unpaired) electrons. The van der Waals surface area contributed by atoms with Crippen molar-refractivity contribution < 1.29 is 14.6 Å². The Morgan fingerprint density at radius 3 is 2.71 bits per heavy atom. The SMILES string of the molecule is Cc1cccc2c1N(C(=O)Oc1ccccc1)CCC2O. The number of benzene rings is 2. The number of aryl methyl sites for hydroxylation is 1. The Balaban J connectivity index is 1.90. The van der Waals surface area contributed by atoms with Crippen LogP contribution >= 0.6 is 0 Å². The summed E-state index contributed by atoms with van der Waals surface area (Å²) in [6, 6.07) is 14.7. The van der Waals surface area contributed by atoms with Crippen LogP contribution in [0.4, 0.5) is 10.5 Å². The molecule has 0 aromatic heterocycles. The van der Waals surface area contributed by atoms with Crippen molar-refractivity contribution in [2.75, 3.05) is 11.4 Å². The maximum atomic E-state index is 12.4. The van der Waals surface area contributed by atoms with Crippen LogP contribution in [0, 0.1) is 6.92 Å². The Morgan fingerprint density at radius 1 is 1.19 bits per heavy atom. The zero-order valence-electron chi connectivity index (χ0n) is 11.8. The van der Waals surface area contributed by atoms with Gasteiger partial charge in [0.15, 0.2) is 0 Å². The summed E-state index contributed by atoms with van der Waals surface area (Å²) in [6.45, 7) is 2.38. The number of aliphatic hydroxyl groups is 1. The van der Waals surface area contributed by atoms with E-state index in [1.165, 1.54) is 0 Å². The van der Waals surface area contributed by atoms with Crippen molar-refractivity contribution >= 4 is 11.8 Å². The van der Waals surface area contributed by atoms with E-state index in [0.717, 1.165) is 16.8 Å². The Kier molecular flexibility index (Phi) is 3.62. The van der Waals surface area contributed by atoms with E-state index in [9.17, 15) is 9.90 Å². The molecule has 2 aromatic carbocycles. The fourth-order valence-corrected chi connectivity index (χ4v) is 2.66. The second kappa shape index (κ2) is 5.58. The van der Waals surface area contributed by atoms with E-state index < -0.39 is 12.2 Å². The molecule has 0 saturated heterocycles. The molecule has 0 spiro atoms. The van der Waals surface area contributed by atoms with Crippen molar-refractivity contribution in [2.45, 2.75) is 19.4 Å². The number of rotatable bonds is 1. The maximum absolute atomic E-state index is 12.4. The number of amides is 1. The van der Waals surface area contributed by atoms with Gasteiger partial charge in [0.05, 0.1) is 11.8 Å². The molecule has 1 unspecified atom stereocenters. The monoisotopic (exact) mass is 283 g/mol. The molecule has 3 rings (SSSR count). The number of aliphatic hydroxyl groups excluding tert-OH is 1. The summed E-state index contributed by atoms with van der Waals surface area (Å²) >= 11 is 0. The summed E-state index contributed by atoms with van der Waals surface area (Å²) in [7, 11) is 0. The van der Waals surface area contributed by atoms with Crippen LogP contribution in [0.25, 0.3) is 0 Å². The molecule has 0 fully saturated rings. The fourth-order valence-electron chi connectivity index (χ4n) is 2.66. The van der Waals surface area contributed by atoms with E-state index in [0.29, 0.717) is 18.7 Å². The van der Waals surface area contributed by atoms with Crippen LogP contribution in [0.3, 0.4) is 0 Å². The first-order valence-corrected chi connectivity index (χ1v) is 6.99. The van der Waals surface area contributed by atoms with Gasteiger partial charge in [0.25, 0.3) is 0 Å². The van der Waals surface area contributed by atoms with Gasteiger partial charge in [-0.3, -0.25) is 4.90 Å². The van der Waals surface area contributed by atoms with Gasteiger partial charge < -0.3 is 9.84 Å². The first-order chi connectivity index (χ1) is 10.2. The Morgan fingerprint density at radius 2 is 1.95 bits per heavy atom. The molecule has 1 aliphatic heterocycles. The van der Waals surface area contributed by atoms with Crippen molar-refractivity contribution in [1.82, 2.24) is 0 Å². The van der Waals surface area contributed by atoms with Crippen LogP contribution < -0.4 is 9.64 Å².